The minimum atomic E-state index is -3.65. The molecule has 1 aliphatic heterocycles. The first-order chi connectivity index (χ1) is 13.4. The lowest BCUT2D eigenvalue weighted by Gasteiger charge is -2.35. The van der Waals surface area contributed by atoms with Gasteiger partial charge in [-0.15, -0.1) is 0 Å². The second kappa shape index (κ2) is 7.50. The van der Waals surface area contributed by atoms with Crippen LogP contribution in [-0.4, -0.2) is 33.2 Å². The van der Waals surface area contributed by atoms with Gasteiger partial charge in [-0.3, -0.25) is 9.10 Å². The quantitative estimate of drug-likeness (QED) is 0.784. The predicted molar refractivity (Wildman–Crippen MR) is 112 cm³/mol. The number of nitrogens with zero attached hydrogens (tertiary/aromatic N) is 1. The van der Waals surface area contributed by atoms with E-state index in [4.69, 9.17) is 16.3 Å². The molecule has 1 N–H and O–H groups in total. The standard InChI is InChI=1S/C20H22ClFN2O4S/c1-20(2,3)12-5-8-17-16(9-12)24(29(4,26)27)11-18(28-17)19(25)23-13-6-7-15(22)14(21)10-13/h5-10,18H,11H2,1-4H3,(H,23,25)/t18-/m0/s1. The summed E-state index contributed by atoms with van der Waals surface area (Å²) in [6.07, 6.45) is 0.00199. The number of fused-ring (bicyclic) bond motifs is 1. The second-order valence-electron chi connectivity index (χ2n) is 7.95. The van der Waals surface area contributed by atoms with E-state index in [1.165, 1.54) is 16.4 Å². The molecule has 3 rings (SSSR count). The highest BCUT2D eigenvalue weighted by molar-refractivity contribution is 7.92. The van der Waals surface area contributed by atoms with Gasteiger partial charge < -0.3 is 10.1 Å². The molecular formula is C20H22ClFN2O4S. The van der Waals surface area contributed by atoms with Crippen LogP contribution in [0.2, 0.25) is 5.02 Å². The lowest BCUT2D eigenvalue weighted by molar-refractivity contribution is -0.122. The number of benzene rings is 2. The number of ether oxygens (including phenoxy) is 1. The van der Waals surface area contributed by atoms with Crippen LogP contribution in [0.4, 0.5) is 15.8 Å². The van der Waals surface area contributed by atoms with E-state index in [9.17, 15) is 17.6 Å². The summed E-state index contributed by atoms with van der Waals surface area (Å²) in [5.74, 6) is -0.871. The van der Waals surface area contributed by atoms with Crippen molar-refractivity contribution in [1.82, 2.24) is 0 Å². The summed E-state index contributed by atoms with van der Waals surface area (Å²) in [4.78, 5) is 12.7. The third kappa shape index (κ3) is 4.64. The molecule has 2 aromatic rings. The van der Waals surface area contributed by atoms with E-state index in [1.54, 1.807) is 12.1 Å². The minimum Gasteiger partial charge on any atom is -0.476 e. The molecule has 29 heavy (non-hydrogen) atoms. The largest absolute Gasteiger partial charge is 0.476 e. The molecule has 156 valence electrons. The van der Waals surface area contributed by atoms with Gasteiger partial charge in [-0.2, -0.15) is 0 Å². The molecule has 0 saturated carbocycles. The maximum absolute atomic E-state index is 13.3. The van der Waals surface area contributed by atoms with Crippen molar-refractivity contribution in [3.05, 3.63) is 52.8 Å². The van der Waals surface area contributed by atoms with Crippen LogP contribution < -0.4 is 14.4 Å². The highest BCUT2D eigenvalue weighted by Crippen LogP contribution is 2.38. The first-order valence-corrected chi connectivity index (χ1v) is 11.1. The second-order valence-corrected chi connectivity index (χ2v) is 10.3. The fourth-order valence-corrected chi connectivity index (χ4v) is 4.05. The van der Waals surface area contributed by atoms with E-state index < -0.39 is 27.9 Å². The molecule has 1 aliphatic rings. The number of rotatable bonds is 3. The van der Waals surface area contributed by atoms with E-state index >= 15 is 0 Å². The molecule has 0 aliphatic carbocycles. The Kier molecular flexibility index (Phi) is 5.53. The summed E-state index contributed by atoms with van der Waals surface area (Å²) in [7, 11) is -3.65. The van der Waals surface area contributed by atoms with Crippen LogP contribution in [0.25, 0.3) is 0 Å². The number of halogens is 2. The van der Waals surface area contributed by atoms with Crippen LogP contribution in [0, 0.1) is 5.82 Å². The fraction of sp³-hybridized carbons (Fsp3) is 0.350. The van der Waals surface area contributed by atoms with E-state index in [-0.39, 0.29) is 22.7 Å². The Balaban J connectivity index is 1.92. The summed E-state index contributed by atoms with van der Waals surface area (Å²) in [5.41, 5.74) is 1.44. The highest BCUT2D eigenvalue weighted by Gasteiger charge is 2.36. The molecule has 0 aromatic heterocycles. The zero-order chi connectivity index (χ0) is 21.6. The van der Waals surface area contributed by atoms with Gasteiger partial charge in [-0.05, 0) is 41.3 Å². The zero-order valence-corrected chi connectivity index (χ0v) is 18.1. The Bertz CT molecular complexity index is 1070. The molecule has 1 atom stereocenters. The molecule has 1 heterocycles. The van der Waals surface area contributed by atoms with Gasteiger partial charge in [0.15, 0.2) is 6.10 Å². The maximum atomic E-state index is 13.3. The average Bonchev–Trinajstić information content (AvgIpc) is 2.61. The molecule has 6 nitrogen and oxygen atoms in total. The summed E-state index contributed by atoms with van der Waals surface area (Å²) in [6, 6.07) is 9.05. The average molecular weight is 441 g/mol. The van der Waals surface area contributed by atoms with E-state index in [1.807, 2.05) is 26.8 Å². The number of amides is 1. The summed E-state index contributed by atoms with van der Waals surface area (Å²) < 4.78 is 45.1. The number of nitrogens with one attached hydrogen (secondary N) is 1. The normalized spacial score (nSPS) is 16.8. The van der Waals surface area contributed by atoms with Crippen molar-refractivity contribution in [2.45, 2.75) is 32.3 Å². The summed E-state index contributed by atoms with van der Waals surface area (Å²) in [6.45, 7) is 5.88. The molecule has 0 saturated heterocycles. The van der Waals surface area contributed by atoms with Gasteiger partial charge in [-0.1, -0.05) is 38.4 Å². The summed E-state index contributed by atoms with van der Waals surface area (Å²) >= 11 is 5.74. The third-order valence-electron chi connectivity index (χ3n) is 4.57. The van der Waals surface area contributed by atoms with Gasteiger partial charge in [0.1, 0.15) is 11.6 Å². The fourth-order valence-electron chi connectivity index (χ4n) is 2.97. The SMILES string of the molecule is CC(C)(C)c1ccc2c(c1)N(S(C)(=O)=O)C[C@@H](C(=O)Nc1ccc(F)c(Cl)c1)O2. The highest BCUT2D eigenvalue weighted by atomic mass is 35.5. The van der Waals surface area contributed by atoms with Gasteiger partial charge in [0.2, 0.25) is 10.0 Å². The molecule has 0 unspecified atom stereocenters. The molecule has 0 bridgehead atoms. The number of carbonyl (C=O) groups excluding carboxylic acids is 1. The smallest absolute Gasteiger partial charge is 0.267 e. The number of hydrogen-bond donors (Lipinski definition) is 1. The van der Waals surface area contributed by atoms with Crippen molar-refractivity contribution in [1.29, 1.82) is 0 Å². The van der Waals surface area contributed by atoms with E-state index in [2.05, 4.69) is 5.32 Å². The van der Waals surface area contributed by atoms with Crippen molar-refractivity contribution in [3.8, 4) is 5.75 Å². The Morgan fingerprint density at radius 1 is 1.24 bits per heavy atom. The Labute approximate surface area is 174 Å². The van der Waals surface area contributed by atoms with Crippen LogP contribution in [-0.2, 0) is 20.2 Å². The molecule has 0 spiro atoms. The van der Waals surface area contributed by atoms with Crippen molar-refractivity contribution < 1.29 is 22.3 Å². The van der Waals surface area contributed by atoms with E-state index in [0.29, 0.717) is 11.4 Å². The number of hydrogen-bond acceptors (Lipinski definition) is 4. The number of carbonyl (C=O) groups is 1. The van der Waals surface area contributed by atoms with Gasteiger partial charge >= 0.3 is 0 Å². The van der Waals surface area contributed by atoms with Crippen LogP contribution >= 0.6 is 11.6 Å². The molecule has 9 heteroatoms. The lowest BCUT2D eigenvalue weighted by atomic mass is 9.86. The van der Waals surface area contributed by atoms with Gasteiger partial charge in [0.25, 0.3) is 5.91 Å². The molecule has 1 amide bonds. The molecule has 2 aromatic carbocycles. The van der Waals surface area contributed by atoms with Crippen molar-refractivity contribution in [2.75, 3.05) is 22.4 Å². The van der Waals surface area contributed by atoms with Crippen LogP contribution in [0.15, 0.2) is 36.4 Å². The first kappa shape index (κ1) is 21.4. The van der Waals surface area contributed by atoms with Gasteiger partial charge in [0, 0.05) is 5.69 Å². The Morgan fingerprint density at radius 3 is 2.52 bits per heavy atom. The number of anilines is 2. The molecular weight excluding hydrogens is 419 g/mol. The zero-order valence-electron chi connectivity index (χ0n) is 16.5. The van der Waals surface area contributed by atoms with Crippen molar-refractivity contribution in [3.63, 3.8) is 0 Å². The predicted octanol–water partition coefficient (Wildman–Crippen LogP) is 3.94. The van der Waals surface area contributed by atoms with Crippen molar-refractivity contribution in [2.24, 2.45) is 0 Å². The number of sulfonamides is 1. The lowest BCUT2D eigenvalue weighted by Crippen LogP contribution is -2.48. The van der Waals surface area contributed by atoms with E-state index in [0.717, 1.165) is 17.9 Å². The Hall–Kier alpha value is -2.32. The topological polar surface area (TPSA) is 75.7 Å². The first-order valence-electron chi connectivity index (χ1n) is 8.91. The van der Waals surface area contributed by atoms with Crippen LogP contribution in [0.1, 0.15) is 26.3 Å². The molecule has 0 fully saturated rings. The molecule has 0 radical (unpaired) electrons. The van der Waals surface area contributed by atoms with Crippen molar-refractivity contribution >= 4 is 38.9 Å². The van der Waals surface area contributed by atoms with Gasteiger partial charge in [-0.25, -0.2) is 12.8 Å². The van der Waals surface area contributed by atoms with Crippen LogP contribution in [0.5, 0.6) is 5.75 Å². The summed E-state index contributed by atoms with van der Waals surface area (Å²) in [5, 5.41) is 2.45. The minimum absolute atomic E-state index is 0.134. The Morgan fingerprint density at radius 2 is 1.93 bits per heavy atom. The maximum Gasteiger partial charge on any atom is 0.267 e. The van der Waals surface area contributed by atoms with Crippen LogP contribution in [0.3, 0.4) is 0 Å². The monoisotopic (exact) mass is 440 g/mol. The third-order valence-corrected chi connectivity index (χ3v) is 6.01. The van der Waals surface area contributed by atoms with Gasteiger partial charge in [0.05, 0.1) is 23.5 Å².